The summed E-state index contributed by atoms with van der Waals surface area (Å²) in [6.07, 6.45) is -0.894. The standard InChI is InChI=1S/C28H25N5O5/c1-37-20-9-10-22-18(13-20)14-23(32-22)38-28(36)33-24(17-5-3-2-4-6-17)25(34)27(35)31-19-8-7-16-11-12-30-26(29)21(16)15-19/h2-15,24-25,32,34H,1H3,(H2,29,30)(H,31,35)(H,33,36). The first kappa shape index (κ1) is 24.6. The number of benzene rings is 3. The number of fused-ring (bicyclic) bond motifs is 2. The normalized spacial score (nSPS) is 12.6. The highest BCUT2D eigenvalue weighted by molar-refractivity contribution is 5.99. The van der Waals surface area contributed by atoms with Crippen LogP contribution in [0.5, 0.6) is 11.6 Å². The Labute approximate surface area is 217 Å². The Morgan fingerprint density at radius 2 is 1.82 bits per heavy atom. The molecular weight excluding hydrogens is 486 g/mol. The van der Waals surface area contributed by atoms with E-state index in [-0.39, 0.29) is 5.88 Å². The van der Waals surface area contributed by atoms with Crippen LogP contribution in [0.15, 0.2) is 85.1 Å². The van der Waals surface area contributed by atoms with Crippen LogP contribution in [0.1, 0.15) is 11.6 Å². The fourth-order valence-corrected chi connectivity index (χ4v) is 4.16. The number of aliphatic hydroxyl groups excluding tert-OH is 1. The van der Waals surface area contributed by atoms with Gasteiger partial charge in [0.1, 0.15) is 11.6 Å². The van der Waals surface area contributed by atoms with Crippen molar-refractivity contribution in [3.63, 3.8) is 0 Å². The summed E-state index contributed by atoms with van der Waals surface area (Å²) < 4.78 is 10.6. The van der Waals surface area contributed by atoms with Crippen LogP contribution in [0.2, 0.25) is 0 Å². The zero-order valence-corrected chi connectivity index (χ0v) is 20.3. The highest BCUT2D eigenvalue weighted by Crippen LogP contribution is 2.26. The van der Waals surface area contributed by atoms with Crippen molar-refractivity contribution in [2.75, 3.05) is 18.2 Å². The molecule has 10 heteroatoms. The minimum atomic E-state index is -1.64. The summed E-state index contributed by atoms with van der Waals surface area (Å²) in [5.41, 5.74) is 7.64. The van der Waals surface area contributed by atoms with Crippen molar-refractivity contribution in [2.45, 2.75) is 12.1 Å². The molecule has 0 fully saturated rings. The van der Waals surface area contributed by atoms with E-state index in [1.807, 2.05) is 0 Å². The number of amides is 2. The molecule has 0 bridgehead atoms. The molecule has 2 aromatic heterocycles. The minimum Gasteiger partial charge on any atom is -0.497 e. The molecule has 3 aromatic carbocycles. The van der Waals surface area contributed by atoms with E-state index in [1.165, 1.54) is 0 Å². The van der Waals surface area contributed by atoms with E-state index < -0.39 is 24.1 Å². The lowest BCUT2D eigenvalue weighted by molar-refractivity contribution is -0.125. The van der Waals surface area contributed by atoms with Crippen LogP contribution in [0.25, 0.3) is 21.7 Å². The number of nitrogens with two attached hydrogens (primary N) is 1. The molecule has 10 nitrogen and oxygen atoms in total. The van der Waals surface area contributed by atoms with E-state index >= 15 is 0 Å². The molecule has 2 heterocycles. The molecule has 38 heavy (non-hydrogen) atoms. The summed E-state index contributed by atoms with van der Waals surface area (Å²) >= 11 is 0. The largest absolute Gasteiger partial charge is 0.497 e. The molecule has 0 saturated carbocycles. The Morgan fingerprint density at radius 1 is 1.00 bits per heavy atom. The summed E-state index contributed by atoms with van der Waals surface area (Å²) in [7, 11) is 1.57. The summed E-state index contributed by atoms with van der Waals surface area (Å²) in [6, 6.07) is 21.5. The Morgan fingerprint density at radius 3 is 2.61 bits per heavy atom. The van der Waals surface area contributed by atoms with Crippen LogP contribution in [0, 0.1) is 0 Å². The smallest absolute Gasteiger partial charge is 0.414 e. The predicted molar refractivity (Wildman–Crippen MR) is 144 cm³/mol. The van der Waals surface area contributed by atoms with E-state index in [0.29, 0.717) is 28.2 Å². The topological polar surface area (TPSA) is 152 Å². The number of ether oxygens (including phenoxy) is 2. The first-order chi connectivity index (χ1) is 18.4. The number of anilines is 2. The number of rotatable bonds is 7. The van der Waals surface area contributed by atoms with Crippen LogP contribution in [0.4, 0.5) is 16.3 Å². The number of nitrogen functional groups attached to an aromatic ring is 1. The van der Waals surface area contributed by atoms with Crippen molar-refractivity contribution in [3.8, 4) is 11.6 Å². The summed E-state index contributed by atoms with van der Waals surface area (Å²) in [6.45, 7) is 0. The van der Waals surface area contributed by atoms with Gasteiger partial charge in [-0.15, -0.1) is 0 Å². The van der Waals surface area contributed by atoms with Gasteiger partial charge in [-0.2, -0.15) is 0 Å². The van der Waals surface area contributed by atoms with Gasteiger partial charge in [0, 0.05) is 34.2 Å². The van der Waals surface area contributed by atoms with Gasteiger partial charge in [-0.25, -0.2) is 9.78 Å². The van der Waals surface area contributed by atoms with E-state index in [4.69, 9.17) is 15.2 Å². The number of nitrogens with zero attached hydrogens (tertiary/aromatic N) is 1. The molecule has 0 aliphatic carbocycles. The monoisotopic (exact) mass is 511 g/mol. The fourth-order valence-electron chi connectivity index (χ4n) is 4.16. The Bertz CT molecular complexity index is 1620. The number of carbonyl (C=O) groups excluding carboxylic acids is 2. The number of hydrogen-bond acceptors (Lipinski definition) is 7. The SMILES string of the molecule is COc1ccc2[nH]c(OC(=O)NC(c3ccccc3)C(O)C(=O)Nc3ccc4ccnc(N)c4c3)cc2c1. The van der Waals surface area contributed by atoms with Crippen LogP contribution in [-0.2, 0) is 4.79 Å². The van der Waals surface area contributed by atoms with Crippen LogP contribution < -0.4 is 25.8 Å². The average Bonchev–Trinajstić information content (AvgIpc) is 3.33. The van der Waals surface area contributed by atoms with Crippen molar-refractivity contribution < 1.29 is 24.2 Å². The molecule has 5 rings (SSSR count). The highest BCUT2D eigenvalue weighted by Gasteiger charge is 2.30. The number of carbonyl (C=O) groups is 2. The molecule has 2 atom stereocenters. The maximum Gasteiger partial charge on any atom is 0.414 e. The lowest BCUT2D eigenvalue weighted by Crippen LogP contribution is -2.43. The number of aromatic amines is 1. The number of hydrogen-bond donors (Lipinski definition) is 5. The molecule has 6 N–H and O–H groups in total. The quantitative estimate of drug-likeness (QED) is 0.220. The molecule has 5 aromatic rings. The van der Waals surface area contributed by atoms with Crippen LogP contribution in [0.3, 0.4) is 0 Å². The van der Waals surface area contributed by atoms with Crippen molar-refractivity contribution in [2.24, 2.45) is 0 Å². The zero-order chi connectivity index (χ0) is 26.6. The minimum absolute atomic E-state index is 0.193. The number of aliphatic hydroxyl groups is 1. The summed E-state index contributed by atoms with van der Waals surface area (Å²) in [5, 5.41) is 18.6. The summed E-state index contributed by atoms with van der Waals surface area (Å²) in [4.78, 5) is 32.9. The van der Waals surface area contributed by atoms with Gasteiger partial charge in [-0.1, -0.05) is 36.4 Å². The molecule has 0 spiro atoms. The first-order valence-corrected chi connectivity index (χ1v) is 11.7. The number of pyridine rings is 1. The number of nitrogens with one attached hydrogen (secondary N) is 3. The number of methoxy groups -OCH3 is 1. The number of aromatic nitrogens is 2. The molecule has 2 amide bonds. The third kappa shape index (κ3) is 5.20. The van der Waals surface area contributed by atoms with Gasteiger partial charge in [-0.05, 0) is 47.3 Å². The Kier molecular flexibility index (Phi) is 6.79. The van der Waals surface area contributed by atoms with Crippen molar-refractivity contribution >= 4 is 45.2 Å². The molecule has 0 radical (unpaired) electrons. The van der Waals surface area contributed by atoms with Gasteiger partial charge < -0.3 is 35.9 Å². The van der Waals surface area contributed by atoms with Crippen LogP contribution in [-0.4, -0.2) is 40.3 Å². The van der Waals surface area contributed by atoms with E-state index in [2.05, 4.69) is 20.6 Å². The highest BCUT2D eigenvalue weighted by atomic mass is 16.6. The lowest BCUT2D eigenvalue weighted by Gasteiger charge is -2.23. The predicted octanol–water partition coefficient (Wildman–Crippen LogP) is 4.14. The third-order valence-electron chi connectivity index (χ3n) is 6.09. The third-order valence-corrected chi connectivity index (χ3v) is 6.09. The Balaban J connectivity index is 1.33. The first-order valence-electron chi connectivity index (χ1n) is 11.7. The van der Waals surface area contributed by atoms with Gasteiger partial charge in [0.05, 0.1) is 13.2 Å². The van der Waals surface area contributed by atoms with E-state index in [1.54, 1.807) is 92.2 Å². The second-order valence-electron chi connectivity index (χ2n) is 8.58. The van der Waals surface area contributed by atoms with Gasteiger partial charge in [0.2, 0.25) is 5.88 Å². The molecule has 192 valence electrons. The van der Waals surface area contributed by atoms with Crippen molar-refractivity contribution in [3.05, 3.63) is 90.6 Å². The fraction of sp³-hybridized carbons (Fsp3) is 0.107. The van der Waals surface area contributed by atoms with Gasteiger partial charge >= 0.3 is 6.09 Å². The molecule has 2 unspecified atom stereocenters. The molecular formula is C28H25N5O5. The van der Waals surface area contributed by atoms with Crippen molar-refractivity contribution in [1.82, 2.24) is 15.3 Å². The summed E-state index contributed by atoms with van der Waals surface area (Å²) in [5.74, 6) is 0.454. The van der Waals surface area contributed by atoms with Gasteiger partial charge in [-0.3, -0.25) is 4.79 Å². The van der Waals surface area contributed by atoms with E-state index in [9.17, 15) is 14.7 Å². The number of H-pyrrole nitrogens is 1. The maximum absolute atomic E-state index is 13.0. The zero-order valence-electron chi connectivity index (χ0n) is 20.3. The Hall–Kier alpha value is -5.09. The van der Waals surface area contributed by atoms with Gasteiger partial charge in [0.15, 0.2) is 6.10 Å². The second-order valence-corrected chi connectivity index (χ2v) is 8.58. The molecule has 0 saturated heterocycles. The van der Waals surface area contributed by atoms with Crippen LogP contribution >= 0.6 is 0 Å². The van der Waals surface area contributed by atoms with E-state index in [0.717, 1.165) is 16.3 Å². The lowest BCUT2D eigenvalue weighted by atomic mass is 10.0. The second kappa shape index (κ2) is 10.5. The maximum atomic E-state index is 13.0. The van der Waals surface area contributed by atoms with Gasteiger partial charge in [0.25, 0.3) is 5.91 Å². The molecule has 0 aliphatic heterocycles. The molecule has 0 aliphatic rings. The van der Waals surface area contributed by atoms with Crippen molar-refractivity contribution in [1.29, 1.82) is 0 Å². The average molecular weight is 512 g/mol.